The summed E-state index contributed by atoms with van der Waals surface area (Å²) in [4.78, 5) is 54.3. The molecule has 11 nitrogen and oxygen atoms in total. The summed E-state index contributed by atoms with van der Waals surface area (Å²) >= 11 is 0. The third-order valence-corrected chi connectivity index (χ3v) is 7.00. The Morgan fingerprint density at radius 2 is 1.74 bits per heavy atom. The molecule has 4 aliphatic rings. The zero-order valence-corrected chi connectivity index (χ0v) is 17.2. The number of anilines is 1. The molecule has 1 aromatic carbocycles. The van der Waals surface area contributed by atoms with Crippen molar-refractivity contribution >= 4 is 29.2 Å². The highest BCUT2D eigenvalue weighted by Crippen LogP contribution is 2.51. The van der Waals surface area contributed by atoms with Gasteiger partial charge in [0, 0.05) is 57.7 Å². The molecular formula is C20H22N4O7. The number of carbonyl (C=O) groups excluding carboxylic acids is 3. The fourth-order valence-corrected chi connectivity index (χ4v) is 5.49. The number of non-ortho nitro benzene ring substituents is 1. The summed E-state index contributed by atoms with van der Waals surface area (Å²) in [5.41, 5.74) is -0.441. The predicted octanol–water partition coefficient (Wildman–Crippen LogP) is 0.900. The fraction of sp³-hybridized carbons (Fsp3) is 0.550. The first-order valence-electron chi connectivity index (χ1n) is 10.1. The molecule has 1 atom stereocenters. The maximum Gasteiger partial charge on any atom is 0.332 e. The molecule has 0 N–H and O–H groups in total. The average Bonchev–Trinajstić information content (AvgIpc) is 3.22. The van der Waals surface area contributed by atoms with Gasteiger partial charge in [-0.3, -0.25) is 29.5 Å². The lowest BCUT2D eigenvalue weighted by Gasteiger charge is -2.56. The van der Waals surface area contributed by atoms with E-state index >= 15 is 0 Å². The second-order valence-corrected chi connectivity index (χ2v) is 8.50. The molecule has 0 saturated carbocycles. The number of ether oxygens (including phenoxy) is 2. The maximum atomic E-state index is 13.6. The molecule has 4 amide bonds. The number of hydrogen-bond acceptors (Lipinski definition) is 8. The van der Waals surface area contributed by atoms with E-state index in [4.69, 9.17) is 9.47 Å². The lowest BCUT2D eigenvalue weighted by Crippen LogP contribution is -2.73. The molecule has 31 heavy (non-hydrogen) atoms. The van der Waals surface area contributed by atoms with E-state index in [0.29, 0.717) is 31.7 Å². The monoisotopic (exact) mass is 430 g/mol. The minimum absolute atomic E-state index is 0.0408. The zero-order valence-electron chi connectivity index (χ0n) is 17.2. The van der Waals surface area contributed by atoms with Crippen molar-refractivity contribution in [3.8, 4) is 0 Å². The third-order valence-electron chi connectivity index (χ3n) is 7.00. The molecule has 164 valence electrons. The number of amides is 4. The molecule has 3 saturated heterocycles. The van der Waals surface area contributed by atoms with E-state index in [1.54, 1.807) is 6.07 Å². The number of rotatable bonds is 1. The van der Waals surface area contributed by atoms with Crippen LogP contribution in [0.5, 0.6) is 0 Å². The van der Waals surface area contributed by atoms with Crippen molar-refractivity contribution < 1.29 is 28.8 Å². The highest BCUT2D eigenvalue weighted by atomic mass is 16.7. The van der Waals surface area contributed by atoms with Gasteiger partial charge in [-0.1, -0.05) is 0 Å². The molecule has 5 rings (SSSR count). The van der Waals surface area contributed by atoms with Crippen LogP contribution in [0.3, 0.4) is 0 Å². The number of piperidine rings is 1. The lowest BCUT2D eigenvalue weighted by atomic mass is 9.65. The summed E-state index contributed by atoms with van der Waals surface area (Å²) in [6.45, 7) is 1.31. The Hall–Kier alpha value is -3.05. The minimum Gasteiger partial charge on any atom is -0.366 e. The van der Waals surface area contributed by atoms with Crippen molar-refractivity contribution in [1.82, 2.24) is 9.80 Å². The number of hydrogen-bond donors (Lipinski definition) is 0. The Morgan fingerprint density at radius 1 is 1.10 bits per heavy atom. The second-order valence-electron chi connectivity index (χ2n) is 8.50. The van der Waals surface area contributed by atoms with Crippen molar-refractivity contribution in [2.45, 2.75) is 31.1 Å². The van der Waals surface area contributed by atoms with Crippen molar-refractivity contribution in [3.05, 3.63) is 33.9 Å². The first-order valence-corrected chi connectivity index (χ1v) is 10.1. The quantitative estimate of drug-likeness (QED) is 0.366. The van der Waals surface area contributed by atoms with Gasteiger partial charge in [0.05, 0.1) is 24.2 Å². The van der Waals surface area contributed by atoms with Crippen LogP contribution in [0.4, 0.5) is 16.2 Å². The van der Waals surface area contributed by atoms with Crippen LogP contribution < -0.4 is 4.90 Å². The van der Waals surface area contributed by atoms with Gasteiger partial charge in [0.2, 0.25) is 11.8 Å². The van der Waals surface area contributed by atoms with Crippen LogP contribution in [-0.2, 0) is 25.5 Å². The van der Waals surface area contributed by atoms with E-state index in [-0.39, 0.29) is 18.5 Å². The van der Waals surface area contributed by atoms with Crippen LogP contribution in [-0.4, -0.2) is 78.3 Å². The molecule has 0 aromatic heterocycles. The van der Waals surface area contributed by atoms with Crippen LogP contribution in [0.25, 0.3) is 0 Å². The highest BCUT2D eigenvalue weighted by Gasteiger charge is 2.66. The highest BCUT2D eigenvalue weighted by molar-refractivity contribution is 6.20. The number of benzene rings is 1. The number of fused-ring (bicyclic) bond motifs is 4. The fourth-order valence-electron chi connectivity index (χ4n) is 5.49. The van der Waals surface area contributed by atoms with Gasteiger partial charge in [-0.15, -0.1) is 0 Å². The van der Waals surface area contributed by atoms with Gasteiger partial charge in [0.25, 0.3) is 5.69 Å². The van der Waals surface area contributed by atoms with Gasteiger partial charge in [-0.05, 0) is 11.6 Å². The summed E-state index contributed by atoms with van der Waals surface area (Å²) in [7, 11) is 2.70. The number of barbiturate groups is 1. The van der Waals surface area contributed by atoms with Crippen molar-refractivity contribution in [3.63, 3.8) is 0 Å². The number of imide groups is 2. The summed E-state index contributed by atoms with van der Waals surface area (Å²) in [5, 5.41) is 11.3. The largest absolute Gasteiger partial charge is 0.366 e. The molecular weight excluding hydrogens is 408 g/mol. The molecule has 0 aliphatic carbocycles. The minimum atomic E-state index is -1.61. The number of carbonyl (C=O) groups is 3. The number of nitro benzene ring substituents is 1. The third kappa shape index (κ3) is 2.56. The van der Waals surface area contributed by atoms with Gasteiger partial charge >= 0.3 is 6.03 Å². The topological polar surface area (TPSA) is 123 Å². The van der Waals surface area contributed by atoms with Gasteiger partial charge < -0.3 is 14.4 Å². The molecule has 0 unspecified atom stereocenters. The van der Waals surface area contributed by atoms with Gasteiger partial charge in [-0.25, -0.2) is 4.79 Å². The van der Waals surface area contributed by atoms with Gasteiger partial charge in [0.1, 0.15) is 0 Å². The first kappa shape index (κ1) is 19.9. The molecule has 0 radical (unpaired) electrons. The van der Waals surface area contributed by atoms with Crippen LogP contribution in [0, 0.1) is 15.5 Å². The Kier molecular flexibility index (Phi) is 4.15. The van der Waals surface area contributed by atoms with Crippen LogP contribution in [0.15, 0.2) is 18.2 Å². The Bertz CT molecular complexity index is 995. The average molecular weight is 430 g/mol. The Morgan fingerprint density at radius 3 is 2.35 bits per heavy atom. The smallest absolute Gasteiger partial charge is 0.332 e. The Balaban J connectivity index is 1.69. The van der Waals surface area contributed by atoms with E-state index in [0.717, 1.165) is 15.5 Å². The van der Waals surface area contributed by atoms with Gasteiger partial charge in [0.15, 0.2) is 11.2 Å². The van der Waals surface area contributed by atoms with Gasteiger partial charge in [-0.2, -0.15) is 0 Å². The van der Waals surface area contributed by atoms with Crippen molar-refractivity contribution in [2.24, 2.45) is 5.41 Å². The first-order chi connectivity index (χ1) is 14.7. The molecule has 0 bridgehead atoms. The molecule has 4 aliphatic heterocycles. The van der Waals surface area contributed by atoms with Crippen LogP contribution in [0.2, 0.25) is 0 Å². The molecule has 11 heteroatoms. The zero-order chi connectivity index (χ0) is 22.1. The maximum absolute atomic E-state index is 13.6. The van der Waals surface area contributed by atoms with Crippen molar-refractivity contribution in [1.29, 1.82) is 0 Å². The van der Waals surface area contributed by atoms with E-state index in [1.165, 1.54) is 26.2 Å². The SMILES string of the molecule is CN1C(=O)N(C)C(=O)C2(Cc3cc([N+](=O)[O-])ccc3N3CCC4(C[C@H]32)OCCO4)C1=O. The normalized spacial score (nSPS) is 26.5. The summed E-state index contributed by atoms with van der Waals surface area (Å²) < 4.78 is 11.8. The predicted molar refractivity (Wildman–Crippen MR) is 105 cm³/mol. The Labute approximate surface area is 177 Å². The van der Waals surface area contributed by atoms with E-state index in [2.05, 4.69) is 0 Å². The lowest BCUT2D eigenvalue weighted by molar-refractivity contribution is -0.384. The standard InChI is InChI=1S/C20H22N4O7/c1-21-16(25)20(17(26)22(2)18(21)27)10-12-9-13(24(28)29)3-4-14(12)23-6-5-19(11-15(20)23)30-7-8-31-19/h3-4,9,15H,5-8,10-11H2,1-2H3/t15-/m0/s1. The summed E-state index contributed by atoms with van der Waals surface area (Å²) in [6, 6.07) is 3.18. The van der Waals surface area contributed by atoms with Crippen molar-refractivity contribution in [2.75, 3.05) is 38.8 Å². The van der Waals surface area contributed by atoms with Crippen LogP contribution in [0.1, 0.15) is 18.4 Å². The number of nitrogens with zero attached hydrogens (tertiary/aromatic N) is 4. The molecule has 2 spiro atoms. The molecule has 3 fully saturated rings. The molecule has 4 heterocycles. The second kappa shape index (κ2) is 6.47. The van der Waals surface area contributed by atoms with Crippen LogP contribution >= 0.6 is 0 Å². The van der Waals surface area contributed by atoms with E-state index in [9.17, 15) is 24.5 Å². The van der Waals surface area contributed by atoms with E-state index in [1.807, 2.05) is 4.90 Å². The molecule has 1 aromatic rings. The summed E-state index contributed by atoms with van der Waals surface area (Å²) in [5.74, 6) is -2.10. The number of urea groups is 1. The summed E-state index contributed by atoms with van der Waals surface area (Å²) in [6.07, 6.45) is 0.765. The van der Waals surface area contributed by atoms with E-state index < -0.39 is 40.0 Å². The number of nitro groups is 1.